The van der Waals surface area contributed by atoms with Crippen molar-refractivity contribution in [2.45, 2.75) is 39.2 Å². The molecule has 5 nitrogen and oxygen atoms in total. The highest BCUT2D eigenvalue weighted by molar-refractivity contribution is 5.97. The van der Waals surface area contributed by atoms with Crippen molar-refractivity contribution in [1.29, 1.82) is 0 Å². The number of anilines is 1. The van der Waals surface area contributed by atoms with Gasteiger partial charge in [-0.1, -0.05) is 12.1 Å². The molecule has 2 aliphatic rings. The van der Waals surface area contributed by atoms with Gasteiger partial charge in [-0.2, -0.15) is 5.10 Å². The van der Waals surface area contributed by atoms with E-state index in [4.69, 9.17) is 0 Å². The maximum atomic E-state index is 12.9. The zero-order valence-corrected chi connectivity index (χ0v) is 15.2. The normalized spacial score (nSPS) is 17.3. The number of carbonyl (C=O) groups excluding carboxylic acids is 1. The molecule has 0 aliphatic carbocycles. The Labute approximate surface area is 149 Å². The minimum atomic E-state index is 0.174. The fraction of sp³-hybridized carbons (Fsp3) is 0.500. The summed E-state index contributed by atoms with van der Waals surface area (Å²) in [6.45, 7) is 6.23. The van der Waals surface area contributed by atoms with Crippen molar-refractivity contribution in [2.24, 2.45) is 7.05 Å². The van der Waals surface area contributed by atoms with Crippen molar-refractivity contribution in [1.82, 2.24) is 14.7 Å². The molecule has 132 valence electrons. The summed E-state index contributed by atoms with van der Waals surface area (Å²) < 4.78 is 1.83. The number of likely N-dealkylation sites (tertiary alicyclic amines) is 1. The molecule has 4 rings (SSSR count). The fourth-order valence-corrected chi connectivity index (χ4v) is 4.07. The highest BCUT2D eigenvalue weighted by Gasteiger charge is 2.27. The van der Waals surface area contributed by atoms with E-state index < -0.39 is 0 Å². The number of rotatable bonds is 4. The minimum absolute atomic E-state index is 0.174. The Morgan fingerprint density at radius 1 is 1.16 bits per heavy atom. The lowest BCUT2D eigenvalue weighted by atomic mass is 10.0. The monoisotopic (exact) mass is 338 g/mol. The number of carbonyl (C=O) groups is 1. The average Bonchev–Trinajstić information content (AvgIpc) is 3.32. The SMILES string of the molecule is Cc1c(CC(=O)N2CCc3c(CN4CCCC4)cccc32)cnn1C. The number of aromatic nitrogens is 2. The van der Waals surface area contributed by atoms with Crippen LogP contribution in [-0.2, 0) is 31.2 Å². The van der Waals surface area contributed by atoms with Gasteiger partial charge >= 0.3 is 0 Å². The van der Waals surface area contributed by atoms with Crippen molar-refractivity contribution in [3.63, 3.8) is 0 Å². The molecule has 0 spiro atoms. The third-order valence-corrected chi connectivity index (χ3v) is 5.70. The van der Waals surface area contributed by atoms with Crippen LogP contribution < -0.4 is 4.90 Å². The van der Waals surface area contributed by atoms with Crippen LogP contribution in [0.1, 0.15) is 35.2 Å². The number of aryl methyl sites for hydroxylation is 1. The molecule has 0 unspecified atom stereocenters. The maximum Gasteiger partial charge on any atom is 0.231 e. The third-order valence-electron chi connectivity index (χ3n) is 5.70. The summed E-state index contributed by atoms with van der Waals surface area (Å²) in [7, 11) is 1.92. The van der Waals surface area contributed by atoms with Crippen LogP contribution in [0.5, 0.6) is 0 Å². The van der Waals surface area contributed by atoms with Gasteiger partial charge in [-0.05, 0) is 56.5 Å². The number of hydrogen-bond acceptors (Lipinski definition) is 3. The molecule has 0 radical (unpaired) electrons. The average molecular weight is 338 g/mol. The van der Waals surface area contributed by atoms with Gasteiger partial charge in [0.25, 0.3) is 0 Å². The van der Waals surface area contributed by atoms with E-state index in [1.807, 2.05) is 29.7 Å². The first-order valence-corrected chi connectivity index (χ1v) is 9.24. The number of hydrogen-bond donors (Lipinski definition) is 0. The van der Waals surface area contributed by atoms with Crippen LogP contribution in [0, 0.1) is 6.92 Å². The Morgan fingerprint density at radius 2 is 1.96 bits per heavy atom. The van der Waals surface area contributed by atoms with Gasteiger partial charge in [-0.3, -0.25) is 14.4 Å². The molecule has 3 heterocycles. The standard InChI is InChI=1S/C20H26N4O/c1-15-17(13-21-22(15)2)12-20(25)24-11-8-18-16(6-5-7-19(18)24)14-23-9-3-4-10-23/h5-7,13H,3-4,8-12,14H2,1-2H3. The molecule has 1 amide bonds. The fourth-order valence-electron chi connectivity index (χ4n) is 4.07. The van der Waals surface area contributed by atoms with Crippen LogP contribution in [0.3, 0.4) is 0 Å². The summed E-state index contributed by atoms with van der Waals surface area (Å²) in [6, 6.07) is 6.44. The zero-order valence-electron chi connectivity index (χ0n) is 15.2. The Morgan fingerprint density at radius 3 is 2.68 bits per heavy atom. The molecular formula is C20H26N4O. The van der Waals surface area contributed by atoms with Crippen LogP contribution in [0.25, 0.3) is 0 Å². The van der Waals surface area contributed by atoms with Gasteiger partial charge in [0, 0.05) is 37.1 Å². The van der Waals surface area contributed by atoms with Crippen molar-refractivity contribution >= 4 is 11.6 Å². The quantitative estimate of drug-likeness (QED) is 0.860. The molecule has 1 saturated heterocycles. The molecule has 1 fully saturated rings. The summed E-state index contributed by atoms with van der Waals surface area (Å²) in [5.74, 6) is 0.174. The first-order valence-electron chi connectivity index (χ1n) is 9.24. The van der Waals surface area contributed by atoms with E-state index in [2.05, 4.69) is 28.2 Å². The summed E-state index contributed by atoms with van der Waals surface area (Å²) in [5.41, 5.74) is 5.96. The zero-order chi connectivity index (χ0) is 17.4. The van der Waals surface area contributed by atoms with Gasteiger partial charge in [0.2, 0.25) is 5.91 Å². The largest absolute Gasteiger partial charge is 0.312 e. The highest BCUT2D eigenvalue weighted by Crippen LogP contribution is 2.32. The van der Waals surface area contributed by atoms with Crippen molar-refractivity contribution in [3.8, 4) is 0 Å². The summed E-state index contributed by atoms with van der Waals surface area (Å²) in [5, 5.41) is 4.25. The van der Waals surface area contributed by atoms with E-state index in [0.717, 1.165) is 36.5 Å². The number of benzene rings is 1. The van der Waals surface area contributed by atoms with Crippen molar-refractivity contribution < 1.29 is 4.79 Å². The second-order valence-electron chi connectivity index (χ2n) is 7.25. The molecule has 0 N–H and O–H groups in total. The van der Waals surface area contributed by atoms with Gasteiger partial charge in [0.1, 0.15) is 0 Å². The predicted octanol–water partition coefficient (Wildman–Crippen LogP) is 2.46. The van der Waals surface area contributed by atoms with Gasteiger partial charge in [0.15, 0.2) is 0 Å². The molecule has 5 heteroatoms. The van der Waals surface area contributed by atoms with E-state index in [-0.39, 0.29) is 5.91 Å². The second-order valence-corrected chi connectivity index (χ2v) is 7.25. The smallest absolute Gasteiger partial charge is 0.231 e. The topological polar surface area (TPSA) is 41.4 Å². The van der Waals surface area contributed by atoms with Crippen molar-refractivity contribution in [3.05, 3.63) is 46.8 Å². The molecule has 0 atom stereocenters. The van der Waals surface area contributed by atoms with Crippen LogP contribution >= 0.6 is 0 Å². The van der Waals surface area contributed by atoms with E-state index in [9.17, 15) is 4.79 Å². The Bertz CT molecular complexity index is 789. The summed E-state index contributed by atoms with van der Waals surface area (Å²) >= 11 is 0. The molecule has 0 bridgehead atoms. The first kappa shape index (κ1) is 16.3. The number of nitrogens with zero attached hydrogens (tertiary/aromatic N) is 4. The van der Waals surface area contributed by atoms with Gasteiger partial charge in [-0.25, -0.2) is 0 Å². The molecular weight excluding hydrogens is 312 g/mol. The van der Waals surface area contributed by atoms with Crippen molar-refractivity contribution in [2.75, 3.05) is 24.5 Å². The lowest BCUT2D eigenvalue weighted by molar-refractivity contribution is -0.117. The van der Waals surface area contributed by atoms with E-state index in [1.54, 1.807) is 0 Å². The van der Waals surface area contributed by atoms with Gasteiger partial charge < -0.3 is 4.90 Å². The summed E-state index contributed by atoms with van der Waals surface area (Å²) in [6.07, 6.45) is 5.83. The predicted molar refractivity (Wildman–Crippen MR) is 98.7 cm³/mol. The van der Waals surface area contributed by atoms with E-state index in [0.29, 0.717) is 6.42 Å². The maximum absolute atomic E-state index is 12.9. The second kappa shape index (κ2) is 6.64. The first-order chi connectivity index (χ1) is 12.1. The Hall–Kier alpha value is -2.14. The molecule has 2 aliphatic heterocycles. The van der Waals surface area contributed by atoms with E-state index >= 15 is 0 Å². The van der Waals surface area contributed by atoms with Crippen LogP contribution in [0.15, 0.2) is 24.4 Å². The molecule has 2 aromatic rings. The summed E-state index contributed by atoms with van der Waals surface area (Å²) in [4.78, 5) is 17.4. The Kier molecular flexibility index (Phi) is 4.34. The highest BCUT2D eigenvalue weighted by atomic mass is 16.2. The molecule has 25 heavy (non-hydrogen) atoms. The lowest BCUT2D eigenvalue weighted by Gasteiger charge is -2.20. The third kappa shape index (κ3) is 3.09. The number of fused-ring (bicyclic) bond motifs is 1. The van der Waals surface area contributed by atoms with Crippen LogP contribution in [-0.4, -0.2) is 40.2 Å². The molecule has 1 aromatic carbocycles. The molecule has 0 saturated carbocycles. The van der Waals surface area contributed by atoms with Gasteiger partial charge in [-0.15, -0.1) is 0 Å². The van der Waals surface area contributed by atoms with Crippen LogP contribution in [0.2, 0.25) is 0 Å². The minimum Gasteiger partial charge on any atom is -0.312 e. The number of amides is 1. The van der Waals surface area contributed by atoms with Gasteiger partial charge in [0.05, 0.1) is 12.6 Å². The lowest BCUT2D eigenvalue weighted by Crippen LogP contribution is -2.30. The molecule has 1 aromatic heterocycles. The van der Waals surface area contributed by atoms with E-state index in [1.165, 1.54) is 37.1 Å². The van der Waals surface area contributed by atoms with Crippen LogP contribution in [0.4, 0.5) is 5.69 Å². The Balaban J connectivity index is 1.53.